The number of nitrogens with two attached hydrogens (primary N) is 1. The minimum absolute atomic E-state index is 0.594. The van der Waals surface area contributed by atoms with E-state index in [1.807, 2.05) is 4.68 Å². The van der Waals surface area contributed by atoms with Gasteiger partial charge in [-0.25, -0.2) is 4.98 Å². The molecule has 0 spiro atoms. The molecule has 0 bridgehead atoms. The summed E-state index contributed by atoms with van der Waals surface area (Å²) in [7, 11) is 0. The Morgan fingerprint density at radius 1 is 1.50 bits per heavy atom. The third-order valence-electron chi connectivity index (χ3n) is 3.81. The van der Waals surface area contributed by atoms with Gasteiger partial charge in [-0.1, -0.05) is 25.7 Å². The van der Waals surface area contributed by atoms with Crippen LogP contribution in [-0.4, -0.2) is 21.3 Å². The molecule has 1 aliphatic rings. The number of aromatic nitrogens is 3. The second kappa shape index (κ2) is 5.43. The number of nitrogens with zero attached hydrogens (tertiary/aromatic N) is 3. The summed E-state index contributed by atoms with van der Waals surface area (Å²) in [5, 5.41) is 4.21. The highest BCUT2D eigenvalue weighted by atomic mass is 15.3. The van der Waals surface area contributed by atoms with Crippen LogP contribution in [0.4, 0.5) is 0 Å². The maximum atomic E-state index is 5.90. The molecule has 0 aromatic carbocycles. The van der Waals surface area contributed by atoms with Gasteiger partial charge in [0, 0.05) is 13.0 Å². The predicted octanol–water partition coefficient (Wildman–Crippen LogP) is 1.61. The Kier molecular flexibility index (Phi) is 3.93. The van der Waals surface area contributed by atoms with Crippen molar-refractivity contribution < 1.29 is 0 Å². The lowest BCUT2D eigenvalue weighted by Gasteiger charge is -2.21. The van der Waals surface area contributed by atoms with Crippen molar-refractivity contribution >= 4 is 0 Å². The molecule has 1 aromatic heterocycles. The van der Waals surface area contributed by atoms with Gasteiger partial charge in [0.25, 0.3) is 0 Å². The van der Waals surface area contributed by atoms with E-state index in [1.165, 1.54) is 25.7 Å². The molecule has 0 aliphatic heterocycles. The first-order chi connectivity index (χ1) is 7.85. The molecule has 90 valence electrons. The molecule has 1 saturated carbocycles. The van der Waals surface area contributed by atoms with Crippen molar-refractivity contribution in [1.29, 1.82) is 0 Å². The van der Waals surface area contributed by atoms with E-state index in [0.29, 0.717) is 5.92 Å². The van der Waals surface area contributed by atoms with Gasteiger partial charge in [-0.15, -0.1) is 0 Å². The minimum atomic E-state index is 0.594. The van der Waals surface area contributed by atoms with Crippen LogP contribution in [0.25, 0.3) is 0 Å². The van der Waals surface area contributed by atoms with Gasteiger partial charge < -0.3 is 5.73 Å². The molecule has 1 fully saturated rings. The fraction of sp³-hybridized carbons (Fsp3) is 0.833. The van der Waals surface area contributed by atoms with Crippen LogP contribution < -0.4 is 5.73 Å². The summed E-state index contributed by atoms with van der Waals surface area (Å²) >= 11 is 0. The van der Waals surface area contributed by atoms with Crippen LogP contribution >= 0.6 is 0 Å². The molecular formula is C12H22N4. The summed E-state index contributed by atoms with van der Waals surface area (Å²) in [6.07, 6.45) is 8.10. The second-order valence-electron chi connectivity index (χ2n) is 4.74. The summed E-state index contributed by atoms with van der Waals surface area (Å²) in [6.45, 7) is 3.78. The summed E-state index contributed by atoms with van der Waals surface area (Å²) in [5.41, 5.74) is 5.90. The highest BCUT2D eigenvalue weighted by molar-refractivity contribution is 4.90. The fourth-order valence-corrected chi connectivity index (χ4v) is 2.82. The molecule has 1 unspecified atom stereocenters. The van der Waals surface area contributed by atoms with Gasteiger partial charge in [0.05, 0.1) is 0 Å². The molecule has 0 saturated heterocycles. The van der Waals surface area contributed by atoms with Crippen molar-refractivity contribution in [3.05, 3.63) is 12.2 Å². The Morgan fingerprint density at radius 2 is 2.25 bits per heavy atom. The van der Waals surface area contributed by atoms with E-state index in [9.17, 15) is 0 Å². The Balaban J connectivity index is 2.00. The van der Waals surface area contributed by atoms with Crippen molar-refractivity contribution in [2.75, 3.05) is 6.54 Å². The number of hydrogen-bond acceptors (Lipinski definition) is 3. The van der Waals surface area contributed by atoms with Crippen molar-refractivity contribution in [3.63, 3.8) is 0 Å². The van der Waals surface area contributed by atoms with E-state index in [4.69, 9.17) is 5.73 Å². The van der Waals surface area contributed by atoms with Gasteiger partial charge in [0.15, 0.2) is 0 Å². The van der Waals surface area contributed by atoms with Crippen LogP contribution in [0, 0.1) is 11.8 Å². The van der Waals surface area contributed by atoms with Crippen molar-refractivity contribution in [1.82, 2.24) is 14.8 Å². The zero-order chi connectivity index (χ0) is 11.4. The number of aryl methyl sites for hydroxylation is 1. The van der Waals surface area contributed by atoms with E-state index in [0.717, 1.165) is 31.3 Å². The van der Waals surface area contributed by atoms with E-state index < -0.39 is 0 Å². The van der Waals surface area contributed by atoms with Gasteiger partial charge >= 0.3 is 0 Å². The molecule has 16 heavy (non-hydrogen) atoms. The molecule has 2 N–H and O–H groups in total. The molecule has 1 aromatic rings. The summed E-state index contributed by atoms with van der Waals surface area (Å²) in [6, 6.07) is 0. The van der Waals surface area contributed by atoms with Crippen LogP contribution in [0.3, 0.4) is 0 Å². The van der Waals surface area contributed by atoms with Crippen molar-refractivity contribution in [2.45, 2.75) is 45.6 Å². The van der Waals surface area contributed by atoms with Gasteiger partial charge in [0.1, 0.15) is 12.2 Å². The second-order valence-corrected chi connectivity index (χ2v) is 4.74. The molecule has 1 aliphatic carbocycles. The SMILES string of the molecule is CCn1ncnc1CC(CN)C1CCCC1. The standard InChI is InChI=1S/C12H22N4/c1-2-16-12(14-9-15-16)7-11(8-13)10-5-3-4-6-10/h9-11H,2-8,13H2,1H3. The zero-order valence-electron chi connectivity index (χ0n) is 10.1. The van der Waals surface area contributed by atoms with Crippen LogP contribution in [0.15, 0.2) is 6.33 Å². The monoisotopic (exact) mass is 222 g/mol. The Hall–Kier alpha value is -0.900. The quantitative estimate of drug-likeness (QED) is 0.823. The Morgan fingerprint density at radius 3 is 2.88 bits per heavy atom. The summed E-state index contributed by atoms with van der Waals surface area (Å²) < 4.78 is 1.98. The van der Waals surface area contributed by atoms with Crippen molar-refractivity contribution in [2.24, 2.45) is 17.6 Å². The topological polar surface area (TPSA) is 56.7 Å². The largest absolute Gasteiger partial charge is 0.330 e. The molecule has 0 amide bonds. The van der Waals surface area contributed by atoms with E-state index in [2.05, 4.69) is 17.0 Å². The van der Waals surface area contributed by atoms with Crippen molar-refractivity contribution in [3.8, 4) is 0 Å². The molecule has 2 rings (SSSR count). The van der Waals surface area contributed by atoms with Crippen LogP contribution in [0.1, 0.15) is 38.4 Å². The summed E-state index contributed by atoms with van der Waals surface area (Å²) in [4.78, 5) is 4.34. The Bertz CT molecular complexity index is 315. The zero-order valence-corrected chi connectivity index (χ0v) is 10.1. The maximum absolute atomic E-state index is 5.90. The molecule has 1 heterocycles. The van der Waals surface area contributed by atoms with Gasteiger partial charge in [-0.2, -0.15) is 5.10 Å². The summed E-state index contributed by atoms with van der Waals surface area (Å²) in [5.74, 6) is 2.51. The minimum Gasteiger partial charge on any atom is -0.330 e. The van der Waals surface area contributed by atoms with Gasteiger partial charge in [-0.3, -0.25) is 4.68 Å². The third kappa shape index (κ3) is 2.43. The number of rotatable bonds is 5. The Labute approximate surface area is 97.2 Å². The van der Waals surface area contributed by atoms with Gasteiger partial charge in [0.2, 0.25) is 0 Å². The lowest BCUT2D eigenvalue weighted by atomic mass is 9.88. The van der Waals surface area contributed by atoms with Gasteiger partial charge in [-0.05, 0) is 25.3 Å². The predicted molar refractivity (Wildman–Crippen MR) is 63.9 cm³/mol. The highest BCUT2D eigenvalue weighted by Gasteiger charge is 2.25. The molecule has 4 heteroatoms. The van der Waals surface area contributed by atoms with E-state index >= 15 is 0 Å². The highest BCUT2D eigenvalue weighted by Crippen LogP contribution is 2.32. The fourth-order valence-electron chi connectivity index (χ4n) is 2.82. The molecule has 4 nitrogen and oxygen atoms in total. The van der Waals surface area contributed by atoms with E-state index in [-0.39, 0.29) is 0 Å². The molecule has 1 atom stereocenters. The molecular weight excluding hydrogens is 200 g/mol. The first kappa shape index (κ1) is 11.6. The average Bonchev–Trinajstić information content (AvgIpc) is 2.96. The smallest absolute Gasteiger partial charge is 0.138 e. The number of hydrogen-bond donors (Lipinski definition) is 1. The lowest BCUT2D eigenvalue weighted by Crippen LogP contribution is -2.25. The van der Waals surface area contributed by atoms with Crippen LogP contribution in [-0.2, 0) is 13.0 Å². The maximum Gasteiger partial charge on any atom is 0.138 e. The van der Waals surface area contributed by atoms with Crippen LogP contribution in [0.2, 0.25) is 0 Å². The lowest BCUT2D eigenvalue weighted by molar-refractivity contribution is 0.334. The first-order valence-electron chi connectivity index (χ1n) is 6.42. The third-order valence-corrected chi connectivity index (χ3v) is 3.81. The van der Waals surface area contributed by atoms with Crippen LogP contribution in [0.5, 0.6) is 0 Å². The molecule has 0 radical (unpaired) electrons. The first-order valence-corrected chi connectivity index (χ1v) is 6.42. The average molecular weight is 222 g/mol. The normalized spacial score (nSPS) is 19.1. The van der Waals surface area contributed by atoms with E-state index in [1.54, 1.807) is 6.33 Å².